The first kappa shape index (κ1) is 19.0. The summed E-state index contributed by atoms with van der Waals surface area (Å²) >= 11 is 4.70. The molecule has 9 nitrogen and oxygen atoms in total. The number of hydrogen-bond donors (Lipinski definition) is 3. The third-order valence-electron chi connectivity index (χ3n) is 4.68. The number of amidine groups is 1. The number of benzene rings is 2. The van der Waals surface area contributed by atoms with Gasteiger partial charge in [0.15, 0.2) is 5.84 Å². The number of nitro benzene ring substituents is 1. The lowest BCUT2D eigenvalue weighted by Crippen LogP contribution is -2.40. The van der Waals surface area contributed by atoms with Crippen LogP contribution in [0.15, 0.2) is 64.9 Å². The number of aromatic nitrogens is 2. The third kappa shape index (κ3) is 3.67. The molecular weight excluding hydrogens is 390 g/mol. The zero-order chi connectivity index (χ0) is 20.4. The van der Waals surface area contributed by atoms with Crippen LogP contribution < -0.4 is 11.1 Å². The number of aryl methyl sites for hydroxylation is 1. The van der Waals surface area contributed by atoms with Gasteiger partial charge in [0.1, 0.15) is 5.03 Å². The SMILES string of the molecule is CCc1ccccc1-n1ncc(C2=NNNN2Cc2ccc([N+](=O)[O-])cc2)c1S. The molecule has 0 saturated heterocycles. The van der Waals surface area contributed by atoms with Gasteiger partial charge in [-0.2, -0.15) is 5.10 Å². The summed E-state index contributed by atoms with van der Waals surface area (Å²) in [5, 5.41) is 22.1. The second kappa shape index (κ2) is 7.94. The highest BCUT2D eigenvalue weighted by atomic mass is 32.1. The number of hydrazine groups is 2. The maximum absolute atomic E-state index is 10.8. The van der Waals surface area contributed by atoms with E-state index in [9.17, 15) is 10.1 Å². The Morgan fingerprint density at radius 1 is 1.17 bits per heavy atom. The van der Waals surface area contributed by atoms with E-state index >= 15 is 0 Å². The number of hydrazone groups is 1. The second-order valence-corrected chi connectivity index (χ2v) is 6.87. The van der Waals surface area contributed by atoms with Crippen LogP contribution in [-0.4, -0.2) is 25.5 Å². The minimum absolute atomic E-state index is 0.0589. The molecule has 0 radical (unpaired) electrons. The van der Waals surface area contributed by atoms with Crippen LogP contribution in [-0.2, 0) is 13.0 Å². The molecular formula is C19H19N7O2S. The molecule has 1 aliphatic rings. The summed E-state index contributed by atoms with van der Waals surface area (Å²) in [4.78, 5) is 10.4. The van der Waals surface area contributed by atoms with E-state index in [1.165, 1.54) is 17.7 Å². The van der Waals surface area contributed by atoms with E-state index in [0.717, 1.165) is 23.2 Å². The van der Waals surface area contributed by atoms with Crippen molar-refractivity contribution in [1.82, 2.24) is 25.9 Å². The number of non-ortho nitro benzene ring substituents is 1. The number of para-hydroxylation sites is 1. The van der Waals surface area contributed by atoms with E-state index in [2.05, 4.69) is 34.3 Å². The highest BCUT2D eigenvalue weighted by Crippen LogP contribution is 2.24. The number of nitro groups is 1. The molecule has 0 saturated carbocycles. The first-order valence-corrected chi connectivity index (χ1v) is 9.48. The Morgan fingerprint density at radius 2 is 1.93 bits per heavy atom. The van der Waals surface area contributed by atoms with Crippen molar-refractivity contribution >= 4 is 24.2 Å². The van der Waals surface area contributed by atoms with Gasteiger partial charge in [-0.1, -0.05) is 37.3 Å². The van der Waals surface area contributed by atoms with Crippen molar-refractivity contribution in [2.24, 2.45) is 5.10 Å². The van der Waals surface area contributed by atoms with Gasteiger partial charge >= 0.3 is 0 Å². The molecule has 0 bridgehead atoms. The van der Waals surface area contributed by atoms with E-state index in [0.29, 0.717) is 17.4 Å². The summed E-state index contributed by atoms with van der Waals surface area (Å²) in [5.41, 5.74) is 9.58. The largest absolute Gasteiger partial charge is 0.269 e. The Labute approximate surface area is 172 Å². The van der Waals surface area contributed by atoms with E-state index in [-0.39, 0.29) is 5.69 Å². The van der Waals surface area contributed by atoms with Crippen LogP contribution in [0.3, 0.4) is 0 Å². The molecule has 0 unspecified atom stereocenters. The predicted molar refractivity (Wildman–Crippen MR) is 112 cm³/mol. The molecule has 4 rings (SSSR count). The molecule has 1 aliphatic heterocycles. The summed E-state index contributed by atoms with van der Waals surface area (Å²) in [5.74, 6) is 0.633. The maximum Gasteiger partial charge on any atom is 0.269 e. The zero-order valence-electron chi connectivity index (χ0n) is 15.6. The number of nitrogens with one attached hydrogen (secondary N) is 2. The molecule has 0 aliphatic carbocycles. The van der Waals surface area contributed by atoms with Gasteiger partial charge in [0.05, 0.1) is 28.9 Å². The van der Waals surface area contributed by atoms with Gasteiger partial charge in [0, 0.05) is 12.1 Å². The van der Waals surface area contributed by atoms with Crippen LogP contribution in [0, 0.1) is 10.1 Å². The van der Waals surface area contributed by atoms with Crippen LogP contribution in [0.1, 0.15) is 23.6 Å². The quantitative estimate of drug-likeness (QED) is 0.329. The van der Waals surface area contributed by atoms with Gasteiger partial charge in [-0.05, 0) is 23.6 Å². The van der Waals surface area contributed by atoms with E-state index in [1.54, 1.807) is 28.0 Å². The Balaban J connectivity index is 1.60. The van der Waals surface area contributed by atoms with Gasteiger partial charge in [-0.3, -0.25) is 15.1 Å². The Kier molecular flexibility index (Phi) is 5.19. The molecule has 0 atom stereocenters. The molecule has 10 heteroatoms. The number of rotatable bonds is 6. The molecule has 2 aromatic carbocycles. The minimum Gasteiger partial charge on any atom is -0.266 e. The van der Waals surface area contributed by atoms with Crippen molar-refractivity contribution in [3.63, 3.8) is 0 Å². The topological polar surface area (TPSA) is 101 Å². The average molecular weight is 409 g/mol. The third-order valence-corrected chi connectivity index (χ3v) is 5.11. The Hall–Kier alpha value is -3.37. The maximum atomic E-state index is 10.8. The highest BCUT2D eigenvalue weighted by Gasteiger charge is 2.24. The molecule has 1 aromatic heterocycles. The number of hydrogen-bond acceptors (Lipinski definition) is 8. The van der Waals surface area contributed by atoms with Crippen molar-refractivity contribution in [1.29, 1.82) is 0 Å². The summed E-state index contributed by atoms with van der Waals surface area (Å²) in [6.45, 7) is 2.55. The lowest BCUT2D eigenvalue weighted by Gasteiger charge is -2.18. The summed E-state index contributed by atoms with van der Waals surface area (Å²) < 4.78 is 1.79. The van der Waals surface area contributed by atoms with Crippen LogP contribution in [0.4, 0.5) is 5.69 Å². The van der Waals surface area contributed by atoms with E-state index in [4.69, 9.17) is 12.6 Å². The first-order chi connectivity index (χ1) is 14.1. The Morgan fingerprint density at radius 3 is 2.66 bits per heavy atom. The average Bonchev–Trinajstić information content (AvgIpc) is 3.34. The van der Waals surface area contributed by atoms with E-state index < -0.39 is 4.92 Å². The second-order valence-electron chi connectivity index (χ2n) is 6.44. The summed E-state index contributed by atoms with van der Waals surface area (Å²) in [7, 11) is 0. The molecule has 148 valence electrons. The van der Waals surface area contributed by atoms with Crippen molar-refractivity contribution in [3.05, 3.63) is 81.5 Å². The molecule has 0 spiro atoms. The van der Waals surface area contributed by atoms with E-state index in [1.807, 2.05) is 18.2 Å². The monoisotopic (exact) mass is 409 g/mol. The highest BCUT2D eigenvalue weighted by molar-refractivity contribution is 7.80. The molecule has 0 fully saturated rings. The zero-order valence-corrected chi connectivity index (χ0v) is 16.5. The van der Waals surface area contributed by atoms with Crippen molar-refractivity contribution in [2.45, 2.75) is 24.9 Å². The Bertz CT molecular complexity index is 1080. The fourth-order valence-electron chi connectivity index (χ4n) is 3.17. The number of nitrogens with zero attached hydrogens (tertiary/aromatic N) is 5. The lowest BCUT2D eigenvalue weighted by atomic mass is 10.1. The predicted octanol–water partition coefficient (Wildman–Crippen LogP) is 2.82. The van der Waals surface area contributed by atoms with Crippen LogP contribution >= 0.6 is 12.6 Å². The normalized spacial score (nSPS) is 13.3. The smallest absolute Gasteiger partial charge is 0.266 e. The van der Waals surface area contributed by atoms with Gasteiger partial charge < -0.3 is 0 Å². The molecule has 29 heavy (non-hydrogen) atoms. The molecule has 2 N–H and O–H groups in total. The fourth-order valence-corrected chi connectivity index (χ4v) is 3.49. The molecule has 2 heterocycles. The lowest BCUT2D eigenvalue weighted by molar-refractivity contribution is -0.384. The van der Waals surface area contributed by atoms with Crippen molar-refractivity contribution in [2.75, 3.05) is 0 Å². The van der Waals surface area contributed by atoms with Gasteiger partial charge in [0.25, 0.3) is 5.69 Å². The standard InChI is InChI=1S/C19H19N7O2S/c1-2-14-5-3-4-6-17(14)25-19(29)16(11-20-25)18-21-22-23-24(18)12-13-7-9-15(10-8-13)26(27)28/h3-11,22-23,29H,2,12H2,1H3. The fraction of sp³-hybridized carbons (Fsp3) is 0.158. The first-order valence-electron chi connectivity index (χ1n) is 9.03. The molecule has 0 amide bonds. The molecule has 3 aromatic rings. The van der Waals surface area contributed by atoms with Crippen molar-refractivity contribution < 1.29 is 4.92 Å². The summed E-state index contributed by atoms with van der Waals surface area (Å²) in [6.07, 6.45) is 2.61. The van der Waals surface area contributed by atoms with Crippen LogP contribution in [0.5, 0.6) is 0 Å². The van der Waals surface area contributed by atoms with Crippen LogP contribution in [0.25, 0.3) is 5.69 Å². The van der Waals surface area contributed by atoms with Gasteiger partial charge in [0.2, 0.25) is 0 Å². The van der Waals surface area contributed by atoms with Crippen LogP contribution in [0.2, 0.25) is 0 Å². The minimum atomic E-state index is -0.415. The van der Waals surface area contributed by atoms with Gasteiger partial charge in [-0.25, -0.2) is 10.2 Å². The summed E-state index contributed by atoms with van der Waals surface area (Å²) in [6, 6.07) is 14.5. The number of thiol groups is 1. The van der Waals surface area contributed by atoms with Crippen molar-refractivity contribution in [3.8, 4) is 5.69 Å². The van der Waals surface area contributed by atoms with Gasteiger partial charge in [-0.15, -0.1) is 23.3 Å².